The summed E-state index contributed by atoms with van der Waals surface area (Å²) in [6, 6.07) is 15.7. The molecule has 0 aliphatic carbocycles. The van der Waals surface area contributed by atoms with Crippen LogP contribution in [-0.4, -0.2) is 35.4 Å². The summed E-state index contributed by atoms with van der Waals surface area (Å²) in [6.07, 6.45) is 1.88. The van der Waals surface area contributed by atoms with Crippen molar-refractivity contribution >= 4 is 41.6 Å². The third kappa shape index (κ3) is 4.86. The van der Waals surface area contributed by atoms with Gasteiger partial charge in [-0.3, -0.25) is 4.79 Å². The topological polar surface area (TPSA) is 59.2 Å². The van der Waals surface area contributed by atoms with Gasteiger partial charge < -0.3 is 10.6 Å². The zero-order valence-corrected chi connectivity index (χ0v) is 17.5. The molecule has 0 bridgehead atoms. The highest BCUT2D eigenvalue weighted by Crippen LogP contribution is 2.27. The molecule has 154 valence electrons. The van der Waals surface area contributed by atoms with Crippen molar-refractivity contribution < 1.29 is 9.18 Å². The van der Waals surface area contributed by atoms with E-state index in [1.165, 1.54) is 12.1 Å². The monoisotopic (exact) mass is 435 g/mol. The molecule has 0 radical (unpaired) electrons. The maximum Gasteiger partial charge on any atom is 0.254 e. The minimum Gasteiger partial charge on any atom is -0.339 e. The summed E-state index contributed by atoms with van der Waals surface area (Å²) in [4.78, 5) is 19.8. The summed E-state index contributed by atoms with van der Waals surface area (Å²) in [7, 11) is 0. The van der Waals surface area contributed by atoms with Gasteiger partial charge >= 0.3 is 0 Å². The van der Waals surface area contributed by atoms with Gasteiger partial charge in [-0.2, -0.15) is 0 Å². The molecular formula is C22H24Cl2FN3O. The minimum atomic E-state index is -0.293. The van der Waals surface area contributed by atoms with Crippen LogP contribution < -0.4 is 5.73 Å². The zero-order chi connectivity index (χ0) is 18.8. The third-order valence-corrected chi connectivity index (χ3v) is 5.32. The molecule has 1 aliphatic rings. The Bertz CT molecular complexity index is 973. The zero-order valence-electron chi connectivity index (χ0n) is 15.9. The highest BCUT2D eigenvalue weighted by molar-refractivity contribution is 6.07. The van der Waals surface area contributed by atoms with Gasteiger partial charge in [-0.1, -0.05) is 18.2 Å². The van der Waals surface area contributed by atoms with Gasteiger partial charge in [0.05, 0.1) is 16.8 Å². The van der Waals surface area contributed by atoms with E-state index in [9.17, 15) is 9.18 Å². The summed E-state index contributed by atoms with van der Waals surface area (Å²) in [5.41, 5.74) is 8.64. The summed E-state index contributed by atoms with van der Waals surface area (Å²) in [5, 5.41) is 0.842. The molecule has 0 atom stereocenters. The summed E-state index contributed by atoms with van der Waals surface area (Å²) < 4.78 is 13.3. The second kappa shape index (κ2) is 10.0. The second-order valence-electron chi connectivity index (χ2n) is 7.05. The van der Waals surface area contributed by atoms with Crippen LogP contribution in [0.15, 0.2) is 54.6 Å². The molecule has 1 amide bonds. The Morgan fingerprint density at radius 1 is 1.07 bits per heavy atom. The fraction of sp³-hybridized carbons (Fsp3) is 0.273. The SMILES string of the molecule is Cl.Cl.NCC1CCN(C(=O)c2cc(-c3ccc(F)cc3)nc3ccccc23)CC1. The van der Waals surface area contributed by atoms with E-state index in [0.29, 0.717) is 23.7 Å². The number of benzene rings is 2. The minimum absolute atomic E-state index is 0. The number of para-hydroxylation sites is 1. The Hall–Kier alpha value is -2.21. The van der Waals surface area contributed by atoms with Gasteiger partial charge in [0.15, 0.2) is 0 Å². The van der Waals surface area contributed by atoms with Crippen LogP contribution in [0.2, 0.25) is 0 Å². The van der Waals surface area contributed by atoms with E-state index in [4.69, 9.17) is 5.73 Å². The maximum absolute atomic E-state index is 13.3. The van der Waals surface area contributed by atoms with Crippen LogP contribution in [-0.2, 0) is 0 Å². The molecule has 0 spiro atoms. The van der Waals surface area contributed by atoms with Crippen LogP contribution in [0.4, 0.5) is 4.39 Å². The molecule has 2 aromatic carbocycles. The van der Waals surface area contributed by atoms with Crippen molar-refractivity contribution in [2.75, 3.05) is 19.6 Å². The van der Waals surface area contributed by atoms with Crippen LogP contribution in [0.1, 0.15) is 23.2 Å². The molecule has 1 aliphatic heterocycles. The van der Waals surface area contributed by atoms with Gasteiger partial charge in [0.1, 0.15) is 5.82 Å². The van der Waals surface area contributed by atoms with Gasteiger partial charge in [0.25, 0.3) is 5.91 Å². The molecule has 29 heavy (non-hydrogen) atoms. The van der Waals surface area contributed by atoms with Crippen LogP contribution in [0, 0.1) is 11.7 Å². The number of carbonyl (C=O) groups is 1. The predicted octanol–water partition coefficient (Wildman–Crippen LogP) is 4.70. The number of rotatable bonds is 3. The molecule has 1 aromatic heterocycles. The standard InChI is InChI=1S/C22H22FN3O.2ClH/c23-17-7-5-16(6-8-17)21-13-19(18-3-1-2-4-20(18)25-21)22(27)26-11-9-15(14-24)10-12-26;;/h1-8,13,15H,9-12,14,24H2;2*1H. The van der Waals surface area contributed by atoms with Crippen LogP contribution >= 0.6 is 24.8 Å². The van der Waals surface area contributed by atoms with Gasteiger partial charge in [-0.05, 0) is 61.7 Å². The fourth-order valence-electron chi connectivity index (χ4n) is 3.66. The highest BCUT2D eigenvalue weighted by atomic mass is 35.5. The summed E-state index contributed by atoms with van der Waals surface area (Å²) in [5.74, 6) is 0.226. The van der Waals surface area contributed by atoms with E-state index in [1.807, 2.05) is 35.2 Å². The van der Waals surface area contributed by atoms with Crippen LogP contribution in [0.25, 0.3) is 22.2 Å². The lowest BCUT2D eigenvalue weighted by Crippen LogP contribution is -2.40. The van der Waals surface area contributed by atoms with Gasteiger partial charge in [-0.15, -0.1) is 24.8 Å². The Labute approximate surface area is 182 Å². The van der Waals surface area contributed by atoms with E-state index in [-0.39, 0.29) is 36.5 Å². The van der Waals surface area contributed by atoms with Crippen molar-refractivity contribution in [3.63, 3.8) is 0 Å². The first-order valence-corrected chi connectivity index (χ1v) is 9.31. The summed E-state index contributed by atoms with van der Waals surface area (Å²) in [6.45, 7) is 2.13. The first kappa shape index (κ1) is 23.1. The van der Waals surface area contributed by atoms with Crippen molar-refractivity contribution in [3.8, 4) is 11.3 Å². The lowest BCUT2D eigenvalue weighted by atomic mass is 9.96. The van der Waals surface area contributed by atoms with E-state index in [2.05, 4.69) is 4.98 Å². The molecule has 1 saturated heterocycles. The number of fused-ring (bicyclic) bond motifs is 1. The molecule has 7 heteroatoms. The first-order chi connectivity index (χ1) is 13.2. The molecule has 4 nitrogen and oxygen atoms in total. The molecular weight excluding hydrogens is 412 g/mol. The Balaban J connectivity index is 0.00000150. The van der Waals surface area contributed by atoms with E-state index in [0.717, 1.165) is 42.4 Å². The lowest BCUT2D eigenvalue weighted by Gasteiger charge is -2.31. The number of piperidine rings is 1. The van der Waals surface area contributed by atoms with Crippen LogP contribution in [0.3, 0.4) is 0 Å². The van der Waals surface area contributed by atoms with Gasteiger partial charge in [0, 0.05) is 24.0 Å². The second-order valence-corrected chi connectivity index (χ2v) is 7.05. The number of amides is 1. The van der Waals surface area contributed by atoms with Crippen molar-refractivity contribution in [1.29, 1.82) is 0 Å². The smallest absolute Gasteiger partial charge is 0.254 e. The number of nitrogens with zero attached hydrogens (tertiary/aromatic N) is 2. The highest BCUT2D eigenvalue weighted by Gasteiger charge is 2.24. The quantitative estimate of drug-likeness (QED) is 0.648. The Morgan fingerprint density at radius 2 is 1.72 bits per heavy atom. The average Bonchev–Trinajstić information content (AvgIpc) is 2.73. The summed E-state index contributed by atoms with van der Waals surface area (Å²) >= 11 is 0. The number of hydrogen-bond acceptors (Lipinski definition) is 3. The third-order valence-electron chi connectivity index (χ3n) is 5.32. The molecule has 3 aromatic rings. The number of aromatic nitrogens is 1. The maximum atomic E-state index is 13.3. The molecule has 1 fully saturated rings. The van der Waals surface area contributed by atoms with E-state index >= 15 is 0 Å². The fourth-order valence-corrected chi connectivity index (χ4v) is 3.66. The number of hydrogen-bond donors (Lipinski definition) is 1. The van der Waals surface area contributed by atoms with E-state index < -0.39 is 0 Å². The van der Waals surface area contributed by atoms with E-state index in [1.54, 1.807) is 12.1 Å². The number of nitrogens with two attached hydrogens (primary N) is 1. The molecule has 0 saturated carbocycles. The number of halogens is 3. The van der Waals surface area contributed by atoms with Crippen molar-refractivity contribution in [2.24, 2.45) is 11.7 Å². The normalized spacial score (nSPS) is 14.2. The Morgan fingerprint density at radius 3 is 2.38 bits per heavy atom. The molecule has 4 rings (SSSR count). The number of likely N-dealkylation sites (tertiary alicyclic amines) is 1. The van der Waals surface area contributed by atoms with Gasteiger partial charge in [-0.25, -0.2) is 9.37 Å². The first-order valence-electron chi connectivity index (χ1n) is 9.31. The molecule has 2 heterocycles. The largest absolute Gasteiger partial charge is 0.339 e. The number of pyridine rings is 1. The van der Waals surface area contributed by atoms with Crippen LogP contribution in [0.5, 0.6) is 0 Å². The van der Waals surface area contributed by atoms with Crippen molar-refractivity contribution in [3.05, 3.63) is 66.0 Å². The number of carbonyl (C=O) groups excluding carboxylic acids is 1. The lowest BCUT2D eigenvalue weighted by molar-refractivity contribution is 0.0695. The average molecular weight is 436 g/mol. The molecule has 0 unspecified atom stereocenters. The molecule has 2 N–H and O–H groups in total. The van der Waals surface area contributed by atoms with Crippen molar-refractivity contribution in [1.82, 2.24) is 9.88 Å². The van der Waals surface area contributed by atoms with Gasteiger partial charge in [0.2, 0.25) is 0 Å². The predicted molar refractivity (Wildman–Crippen MR) is 119 cm³/mol. The van der Waals surface area contributed by atoms with Crippen molar-refractivity contribution in [2.45, 2.75) is 12.8 Å². The Kier molecular flexibility index (Phi) is 7.96.